The number of ether oxygens (including phenoxy) is 1. The van der Waals surface area contributed by atoms with Crippen molar-refractivity contribution >= 4 is 17.5 Å². The molecule has 0 radical (unpaired) electrons. The molecule has 164 valence electrons. The molecule has 0 aliphatic carbocycles. The number of halogens is 1. The second-order valence-electron chi connectivity index (χ2n) is 8.33. The molecule has 7 nitrogen and oxygen atoms in total. The predicted molar refractivity (Wildman–Crippen MR) is 112 cm³/mol. The Morgan fingerprint density at radius 3 is 2.20 bits per heavy atom. The number of benzene rings is 1. The zero-order chi connectivity index (χ0) is 21.1. The zero-order valence-corrected chi connectivity index (χ0v) is 17.6. The Morgan fingerprint density at radius 2 is 1.60 bits per heavy atom. The molecule has 2 amide bonds. The molecular formula is C22H31FN4O3. The van der Waals surface area contributed by atoms with Gasteiger partial charge in [0.15, 0.2) is 0 Å². The van der Waals surface area contributed by atoms with Crippen LogP contribution in [0.4, 0.5) is 10.1 Å². The zero-order valence-electron chi connectivity index (χ0n) is 17.6. The SMILES string of the molecule is CC(C(=O)N1CCN(c2ccc(F)cc2)CC1)N1CCN(C(=O)C2CCCO2)CC1. The van der Waals surface area contributed by atoms with Crippen LogP contribution in [0.15, 0.2) is 24.3 Å². The van der Waals surface area contributed by atoms with Crippen LogP contribution in [-0.2, 0) is 14.3 Å². The highest BCUT2D eigenvalue weighted by molar-refractivity contribution is 5.82. The Balaban J connectivity index is 1.24. The summed E-state index contributed by atoms with van der Waals surface area (Å²) in [5.74, 6) is 0.00894. The summed E-state index contributed by atoms with van der Waals surface area (Å²) in [6.07, 6.45) is 1.50. The summed E-state index contributed by atoms with van der Waals surface area (Å²) in [7, 11) is 0. The second kappa shape index (κ2) is 9.31. The van der Waals surface area contributed by atoms with E-state index in [9.17, 15) is 14.0 Å². The molecule has 3 aliphatic rings. The van der Waals surface area contributed by atoms with Gasteiger partial charge in [-0.2, -0.15) is 0 Å². The molecule has 2 unspecified atom stereocenters. The third-order valence-electron chi connectivity index (χ3n) is 6.52. The molecule has 2 atom stereocenters. The third kappa shape index (κ3) is 4.59. The van der Waals surface area contributed by atoms with Crippen LogP contribution in [0.3, 0.4) is 0 Å². The van der Waals surface area contributed by atoms with Crippen LogP contribution in [0.2, 0.25) is 0 Å². The van der Waals surface area contributed by atoms with Gasteiger partial charge in [-0.15, -0.1) is 0 Å². The maximum absolute atomic E-state index is 13.1. The minimum atomic E-state index is -0.270. The van der Waals surface area contributed by atoms with Gasteiger partial charge in [0.05, 0.1) is 6.04 Å². The fraction of sp³-hybridized carbons (Fsp3) is 0.636. The van der Waals surface area contributed by atoms with Gasteiger partial charge in [-0.25, -0.2) is 4.39 Å². The van der Waals surface area contributed by atoms with Crippen LogP contribution in [0.25, 0.3) is 0 Å². The first-order valence-electron chi connectivity index (χ1n) is 11.0. The second-order valence-corrected chi connectivity index (χ2v) is 8.33. The summed E-state index contributed by atoms with van der Waals surface area (Å²) in [6, 6.07) is 6.32. The van der Waals surface area contributed by atoms with E-state index in [0.29, 0.717) is 45.9 Å². The molecule has 0 spiro atoms. The largest absolute Gasteiger partial charge is 0.368 e. The lowest BCUT2D eigenvalue weighted by Gasteiger charge is -2.41. The number of piperazine rings is 2. The molecule has 3 saturated heterocycles. The van der Waals surface area contributed by atoms with E-state index >= 15 is 0 Å². The molecule has 8 heteroatoms. The van der Waals surface area contributed by atoms with Crippen molar-refractivity contribution in [2.45, 2.75) is 31.9 Å². The van der Waals surface area contributed by atoms with Crippen molar-refractivity contribution in [1.29, 1.82) is 0 Å². The molecular weight excluding hydrogens is 387 g/mol. The number of carbonyl (C=O) groups excluding carboxylic acids is 2. The summed E-state index contributed by atoms with van der Waals surface area (Å²) in [5.41, 5.74) is 0.989. The Kier molecular flexibility index (Phi) is 6.53. The van der Waals surface area contributed by atoms with Crippen LogP contribution in [0, 0.1) is 5.82 Å². The molecule has 0 bridgehead atoms. The highest BCUT2D eigenvalue weighted by atomic mass is 19.1. The molecule has 1 aromatic carbocycles. The first-order chi connectivity index (χ1) is 14.5. The summed E-state index contributed by atoms with van der Waals surface area (Å²) in [5, 5.41) is 0. The maximum atomic E-state index is 13.1. The molecule has 3 heterocycles. The van der Waals surface area contributed by atoms with Gasteiger partial charge in [0, 0.05) is 64.7 Å². The lowest BCUT2D eigenvalue weighted by atomic mass is 10.1. The molecule has 1 aromatic rings. The van der Waals surface area contributed by atoms with Crippen molar-refractivity contribution in [1.82, 2.24) is 14.7 Å². The van der Waals surface area contributed by atoms with E-state index in [4.69, 9.17) is 4.74 Å². The number of rotatable bonds is 4. The van der Waals surface area contributed by atoms with Gasteiger partial charge >= 0.3 is 0 Å². The Hall–Kier alpha value is -2.19. The van der Waals surface area contributed by atoms with Crippen LogP contribution in [-0.4, -0.2) is 97.6 Å². The van der Waals surface area contributed by atoms with Crippen LogP contribution >= 0.6 is 0 Å². The Labute approximate surface area is 177 Å². The molecule has 3 aliphatic heterocycles. The van der Waals surface area contributed by atoms with E-state index in [1.54, 1.807) is 12.1 Å². The van der Waals surface area contributed by atoms with Gasteiger partial charge in [-0.1, -0.05) is 0 Å². The monoisotopic (exact) mass is 418 g/mol. The summed E-state index contributed by atoms with van der Waals surface area (Å²) in [6.45, 7) is 8.17. The van der Waals surface area contributed by atoms with Crippen LogP contribution in [0.1, 0.15) is 19.8 Å². The van der Waals surface area contributed by atoms with Crippen LogP contribution in [0.5, 0.6) is 0 Å². The van der Waals surface area contributed by atoms with Crippen molar-refractivity contribution in [2.75, 3.05) is 63.9 Å². The van der Waals surface area contributed by atoms with Crippen molar-refractivity contribution in [2.24, 2.45) is 0 Å². The van der Waals surface area contributed by atoms with E-state index in [2.05, 4.69) is 9.80 Å². The number of anilines is 1. The predicted octanol–water partition coefficient (Wildman–Crippen LogP) is 1.19. The number of hydrogen-bond acceptors (Lipinski definition) is 5. The number of carbonyl (C=O) groups is 2. The molecule has 3 fully saturated rings. The van der Waals surface area contributed by atoms with Crippen molar-refractivity contribution in [3.63, 3.8) is 0 Å². The normalized spacial score (nSPS) is 24.2. The van der Waals surface area contributed by atoms with Crippen molar-refractivity contribution in [3.8, 4) is 0 Å². The fourth-order valence-corrected chi connectivity index (χ4v) is 4.56. The van der Waals surface area contributed by atoms with E-state index in [1.807, 2.05) is 16.7 Å². The average molecular weight is 419 g/mol. The number of amides is 2. The van der Waals surface area contributed by atoms with Crippen molar-refractivity contribution in [3.05, 3.63) is 30.1 Å². The Bertz CT molecular complexity index is 737. The lowest BCUT2D eigenvalue weighted by Crippen LogP contribution is -2.58. The first-order valence-corrected chi connectivity index (χ1v) is 11.0. The van der Waals surface area contributed by atoms with Crippen molar-refractivity contribution < 1.29 is 18.7 Å². The minimum absolute atomic E-state index is 0.100. The summed E-state index contributed by atoms with van der Waals surface area (Å²) >= 11 is 0. The smallest absolute Gasteiger partial charge is 0.251 e. The lowest BCUT2D eigenvalue weighted by molar-refractivity contribution is -0.144. The van der Waals surface area contributed by atoms with Gasteiger partial charge < -0.3 is 19.4 Å². The quantitative estimate of drug-likeness (QED) is 0.735. The standard InChI is InChI=1S/C22H31FN4O3/c1-17(24-8-12-27(13-9-24)22(29)20-3-2-16-30-20)21(28)26-14-10-25(11-15-26)19-6-4-18(23)5-7-19/h4-7,17,20H,2-3,8-16H2,1H3. The summed E-state index contributed by atoms with van der Waals surface area (Å²) < 4.78 is 18.6. The Morgan fingerprint density at radius 1 is 0.967 bits per heavy atom. The third-order valence-corrected chi connectivity index (χ3v) is 6.52. The molecule has 0 N–H and O–H groups in total. The van der Waals surface area contributed by atoms with E-state index < -0.39 is 0 Å². The fourth-order valence-electron chi connectivity index (χ4n) is 4.56. The highest BCUT2D eigenvalue weighted by Gasteiger charge is 2.34. The molecule has 0 aromatic heterocycles. The minimum Gasteiger partial charge on any atom is -0.368 e. The maximum Gasteiger partial charge on any atom is 0.251 e. The first kappa shape index (κ1) is 21.1. The highest BCUT2D eigenvalue weighted by Crippen LogP contribution is 2.19. The summed E-state index contributed by atoms with van der Waals surface area (Å²) in [4.78, 5) is 33.7. The number of hydrogen-bond donors (Lipinski definition) is 0. The van der Waals surface area contributed by atoms with Crippen LogP contribution < -0.4 is 4.90 Å². The van der Waals surface area contributed by atoms with Gasteiger partial charge in [0.25, 0.3) is 5.91 Å². The topological polar surface area (TPSA) is 56.3 Å². The van der Waals surface area contributed by atoms with E-state index in [-0.39, 0.29) is 29.8 Å². The van der Waals surface area contributed by atoms with Gasteiger partial charge in [-0.3, -0.25) is 14.5 Å². The average Bonchev–Trinajstić information content (AvgIpc) is 3.33. The molecule has 30 heavy (non-hydrogen) atoms. The van der Waals surface area contributed by atoms with Gasteiger partial charge in [-0.05, 0) is 44.0 Å². The van der Waals surface area contributed by atoms with Gasteiger partial charge in [0.2, 0.25) is 5.91 Å². The molecule has 0 saturated carbocycles. The number of nitrogens with zero attached hydrogens (tertiary/aromatic N) is 4. The van der Waals surface area contributed by atoms with E-state index in [0.717, 1.165) is 31.6 Å². The molecule has 4 rings (SSSR count). The van der Waals surface area contributed by atoms with Gasteiger partial charge in [0.1, 0.15) is 11.9 Å². The van der Waals surface area contributed by atoms with E-state index in [1.165, 1.54) is 12.1 Å².